The number of hydrogen-bond donors (Lipinski definition) is 0. The van der Waals surface area contributed by atoms with Gasteiger partial charge < -0.3 is 9.47 Å². The van der Waals surface area contributed by atoms with Crippen molar-refractivity contribution >= 4 is 32.9 Å². The molecule has 0 fully saturated rings. The zero-order valence-corrected chi connectivity index (χ0v) is 17.6. The summed E-state index contributed by atoms with van der Waals surface area (Å²) in [6, 6.07) is 4.75. The number of nitrogens with zero attached hydrogens (tertiary/aromatic N) is 6. The average molecular weight is 475 g/mol. The molecule has 3 aromatic heterocycles. The zero-order valence-electron chi connectivity index (χ0n) is 16.0. The molecule has 0 radical (unpaired) electrons. The summed E-state index contributed by atoms with van der Waals surface area (Å²) >= 11 is 3.19. The van der Waals surface area contributed by atoms with Gasteiger partial charge in [-0.1, -0.05) is 6.07 Å². The number of aromatic nitrogens is 6. The Labute approximate surface area is 178 Å². The molecule has 1 aromatic carbocycles. The number of esters is 1. The lowest BCUT2D eigenvalue weighted by molar-refractivity contribution is 0.0526. The van der Waals surface area contributed by atoms with Gasteiger partial charge in [-0.25, -0.2) is 18.9 Å². The smallest absolute Gasteiger partial charge is 0.341 e. The highest BCUT2D eigenvalue weighted by Gasteiger charge is 2.18. The summed E-state index contributed by atoms with van der Waals surface area (Å²) in [7, 11) is 1.49. The van der Waals surface area contributed by atoms with Crippen molar-refractivity contribution in [3.63, 3.8) is 0 Å². The van der Waals surface area contributed by atoms with Crippen LogP contribution >= 0.6 is 15.9 Å². The minimum Gasteiger partial charge on any atom is -0.479 e. The number of benzene rings is 1. The van der Waals surface area contributed by atoms with Crippen LogP contribution in [0.15, 0.2) is 41.3 Å². The number of ether oxygens (including phenoxy) is 2. The molecule has 154 valence electrons. The minimum atomic E-state index is -0.477. The van der Waals surface area contributed by atoms with Crippen LogP contribution in [0.1, 0.15) is 22.8 Å². The first kappa shape index (κ1) is 20.0. The molecule has 11 heteroatoms. The van der Waals surface area contributed by atoms with Gasteiger partial charge in [-0.15, -0.1) is 0 Å². The molecule has 0 aliphatic heterocycles. The van der Waals surface area contributed by atoms with Gasteiger partial charge in [0.05, 0.1) is 42.7 Å². The number of hydrogen-bond acceptors (Lipinski definition) is 7. The van der Waals surface area contributed by atoms with Gasteiger partial charge in [-0.05, 0) is 40.5 Å². The first-order valence-electron chi connectivity index (χ1n) is 8.93. The maximum absolute atomic E-state index is 13.5. The summed E-state index contributed by atoms with van der Waals surface area (Å²) in [4.78, 5) is 20.7. The second-order valence-corrected chi connectivity index (χ2v) is 7.07. The van der Waals surface area contributed by atoms with Crippen LogP contribution in [0.4, 0.5) is 4.39 Å². The second-order valence-electron chi connectivity index (χ2n) is 6.21. The zero-order chi connectivity index (χ0) is 21.3. The third-order valence-electron chi connectivity index (χ3n) is 4.25. The molecule has 0 unspecified atom stereocenters. The van der Waals surface area contributed by atoms with Crippen molar-refractivity contribution in [3.05, 3.63) is 58.2 Å². The summed E-state index contributed by atoms with van der Waals surface area (Å²) in [5.74, 6) is -0.299. The van der Waals surface area contributed by atoms with E-state index in [2.05, 4.69) is 36.1 Å². The Kier molecular flexibility index (Phi) is 5.44. The van der Waals surface area contributed by atoms with Crippen molar-refractivity contribution in [1.29, 1.82) is 0 Å². The van der Waals surface area contributed by atoms with Crippen molar-refractivity contribution in [2.75, 3.05) is 13.7 Å². The van der Waals surface area contributed by atoms with Crippen molar-refractivity contribution in [3.8, 4) is 11.8 Å². The third-order valence-corrected chi connectivity index (χ3v) is 4.86. The fraction of sp³-hybridized carbons (Fsp3) is 0.211. The summed E-state index contributed by atoms with van der Waals surface area (Å²) in [6.07, 6.45) is 4.45. The first-order chi connectivity index (χ1) is 14.5. The highest BCUT2D eigenvalue weighted by Crippen LogP contribution is 2.25. The SMILES string of the molecule is CCOC(=O)c1cnn(-c2nc(OC)c3c(cnn3Cc3ccc(F)c(Br)c3)n2)c1. The van der Waals surface area contributed by atoms with E-state index >= 15 is 0 Å². The molecule has 4 aromatic rings. The predicted octanol–water partition coefficient (Wildman–Crippen LogP) is 3.15. The van der Waals surface area contributed by atoms with Crippen LogP contribution in [-0.4, -0.2) is 49.2 Å². The van der Waals surface area contributed by atoms with Crippen LogP contribution in [0.25, 0.3) is 17.0 Å². The number of carbonyl (C=O) groups is 1. The number of halogens is 2. The number of carbonyl (C=O) groups excluding carboxylic acids is 1. The van der Waals surface area contributed by atoms with Gasteiger partial charge in [0, 0.05) is 6.20 Å². The molecule has 0 aliphatic rings. The minimum absolute atomic E-state index is 0.221. The van der Waals surface area contributed by atoms with Gasteiger partial charge in [-0.2, -0.15) is 15.2 Å². The van der Waals surface area contributed by atoms with Crippen LogP contribution < -0.4 is 4.74 Å². The Balaban J connectivity index is 1.71. The molecule has 0 atom stereocenters. The maximum atomic E-state index is 13.5. The second kappa shape index (κ2) is 8.19. The lowest BCUT2D eigenvalue weighted by atomic mass is 10.2. The van der Waals surface area contributed by atoms with Crippen LogP contribution in [0.5, 0.6) is 5.88 Å². The van der Waals surface area contributed by atoms with E-state index in [9.17, 15) is 9.18 Å². The fourth-order valence-electron chi connectivity index (χ4n) is 2.88. The highest BCUT2D eigenvalue weighted by atomic mass is 79.9. The lowest BCUT2D eigenvalue weighted by Gasteiger charge is -2.09. The Hall–Kier alpha value is -3.34. The Bertz CT molecular complexity index is 1240. The summed E-state index contributed by atoms with van der Waals surface area (Å²) < 4.78 is 27.3. The van der Waals surface area contributed by atoms with Crippen molar-refractivity contribution in [2.24, 2.45) is 0 Å². The molecule has 0 saturated carbocycles. The fourth-order valence-corrected chi connectivity index (χ4v) is 3.31. The van der Waals surface area contributed by atoms with Gasteiger partial charge in [0.1, 0.15) is 16.9 Å². The summed E-state index contributed by atoms with van der Waals surface area (Å²) in [5.41, 5.74) is 2.24. The molecule has 4 rings (SSSR count). The van der Waals surface area contributed by atoms with Crippen molar-refractivity contribution in [2.45, 2.75) is 13.5 Å². The van der Waals surface area contributed by atoms with Crippen LogP contribution in [-0.2, 0) is 11.3 Å². The third kappa shape index (κ3) is 3.75. The molecule has 30 heavy (non-hydrogen) atoms. The number of methoxy groups -OCH3 is 1. The Morgan fingerprint density at radius 1 is 1.23 bits per heavy atom. The van der Waals surface area contributed by atoms with E-state index in [0.29, 0.717) is 27.9 Å². The molecule has 3 heterocycles. The highest BCUT2D eigenvalue weighted by molar-refractivity contribution is 9.10. The van der Waals surface area contributed by atoms with E-state index in [1.807, 2.05) is 0 Å². The monoisotopic (exact) mass is 474 g/mol. The largest absolute Gasteiger partial charge is 0.479 e. The molecule has 0 saturated heterocycles. The van der Waals surface area contributed by atoms with Gasteiger partial charge >= 0.3 is 5.97 Å². The molecular weight excluding hydrogens is 459 g/mol. The molecule has 9 nitrogen and oxygen atoms in total. The van der Waals surface area contributed by atoms with Gasteiger partial charge in [-0.3, -0.25) is 4.68 Å². The van der Waals surface area contributed by atoms with Crippen molar-refractivity contribution < 1.29 is 18.7 Å². The van der Waals surface area contributed by atoms with Gasteiger partial charge in [0.2, 0.25) is 5.88 Å². The van der Waals surface area contributed by atoms with E-state index in [-0.39, 0.29) is 23.9 Å². The van der Waals surface area contributed by atoms with Crippen LogP contribution in [0.2, 0.25) is 0 Å². The van der Waals surface area contributed by atoms with Gasteiger partial charge in [0.15, 0.2) is 0 Å². The number of fused-ring (bicyclic) bond motifs is 1. The Morgan fingerprint density at radius 3 is 2.80 bits per heavy atom. The molecule has 0 spiro atoms. The van der Waals surface area contributed by atoms with Gasteiger partial charge in [0.25, 0.3) is 5.95 Å². The maximum Gasteiger partial charge on any atom is 0.341 e. The normalized spacial score (nSPS) is 11.1. The average Bonchev–Trinajstić information content (AvgIpc) is 3.38. The summed E-state index contributed by atoms with van der Waals surface area (Å²) in [5, 5.41) is 8.50. The van der Waals surface area contributed by atoms with Crippen LogP contribution in [0, 0.1) is 5.82 Å². The molecule has 0 amide bonds. The van der Waals surface area contributed by atoms with E-state index < -0.39 is 5.97 Å². The Morgan fingerprint density at radius 2 is 2.07 bits per heavy atom. The van der Waals surface area contributed by atoms with E-state index in [4.69, 9.17) is 9.47 Å². The predicted molar refractivity (Wildman–Crippen MR) is 108 cm³/mol. The summed E-state index contributed by atoms with van der Waals surface area (Å²) in [6.45, 7) is 2.37. The van der Waals surface area contributed by atoms with Crippen molar-refractivity contribution in [1.82, 2.24) is 29.5 Å². The molecule has 0 N–H and O–H groups in total. The number of rotatable bonds is 6. The molecule has 0 aliphatic carbocycles. The van der Waals surface area contributed by atoms with E-state index in [1.165, 1.54) is 30.3 Å². The lowest BCUT2D eigenvalue weighted by Crippen LogP contribution is -2.07. The standard InChI is InChI=1S/C19H16BrFN6O3/c1-3-30-18(28)12-7-22-27(10-12)19-24-15-8-23-26(16(15)17(25-19)29-2)9-11-4-5-14(21)13(20)6-11/h4-8,10H,3,9H2,1-2H3. The quantitative estimate of drug-likeness (QED) is 0.396. The topological polar surface area (TPSA) is 97.0 Å². The van der Waals surface area contributed by atoms with Crippen LogP contribution in [0.3, 0.4) is 0 Å². The molecular formula is C19H16BrFN6O3. The first-order valence-corrected chi connectivity index (χ1v) is 9.73. The molecule has 0 bridgehead atoms. The van der Waals surface area contributed by atoms with E-state index in [0.717, 1.165) is 5.56 Å². The van der Waals surface area contributed by atoms with E-state index in [1.54, 1.807) is 29.9 Å².